The van der Waals surface area contributed by atoms with Gasteiger partial charge in [-0.15, -0.1) is 0 Å². The quantitative estimate of drug-likeness (QED) is 0.198. The van der Waals surface area contributed by atoms with Crippen LogP contribution in [0.25, 0.3) is 0 Å². The fraction of sp³-hybridized carbons (Fsp3) is 0.917. The van der Waals surface area contributed by atoms with Gasteiger partial charge in [-0.3, -0.25) is 9.59 Å². The van der Waals surface area contributed by atoms with E-state index >= 15 is 0 Å². The topological polar surface area (TPSA) is 94.8 Å². The number of Topliss-reactive ketones (excluding diaryl/α,β-unsaturated/α-hetero) is 1. The average molecular weight is 431 g/mol. The van der Waals surface area contributed by atoms with Gasteiger partial charge >= 0.3 is 5.97 Å². The lowest BCUT2D eigenvalue weighted by Crippen LogP contribution is -2.54. The molecule has 0 heterocycles. The maximum atomic E-state index is 12.5. The van der Waals surface area contributed by atoms with Gasteiger partial charge in [0, 0.05) is 6.42 Å². The van der Waals surface area contributed by atoms with Crippen LogP contribution in [0.3, 0.4) is 0 Å². The molecule has 0 aliphatic carbocycles. The van der Waals surface area contributed by atoms with Crippen molar-refractivity contribution in [1.29, 1.82) is 0 Å². The number of nitrogens with zero attached hydrogens (tertiary/aromatic N) is 1. The zero-order chi connectivity index (χ0) is 23.0. The molecule has 6 heteroatoms. The Morgan fingerprint density at radius 1 is 0.833 bits per heavy atom. The highest BCUT2D eigenvalue weighted by Crippen LogP contribution is 2.20. The van der Waals surface area contributed by atoms with Crippen LogP contribution < -0.4 is 0 Å². The van der Waals surface area contributed by atoms with Gasteiger partial charge in [0.05, 0.1) is 33.7 Å². The first kappa shape index (κ1) is 29.0. The monoisotopic (exact) mass is 430 g/mol. The summed E-state index contributed by atoms with van der Waals surface area (Å²) < 4.78 is 0.336. The predicted molar refractivity (Wildman–Crippen MR) is 121 cm³/mol. The molecule has 0 saturated carbocycles. The molecule has 0 rings (SSSR count). The number of carboxylic acids is 1. The minimum absolute atomic E-state index is 0.0998. The van der Waals surface area contributed by atoms with Gasteiger partial charge in [0.1, 0.15) is 6.54 Å². The average Bonchev–Trinajstić information content (AvgIpc) is 2.61. The molecule has 3 N–H and O–H groups in total. The van der Waals surface area contributed by atoms with Crippen LogP contribution in [0.2, 0.25) is 0 Å². The molecule has 0 amide bonds. The van der Waals surface area contributed by atoms with E-state index in [1.807, 2.05) is 21.1 Å². The number of ketones is 1. The highest BCUT2D eigenvalue weighted by Gasteiger charge is 2.42. The molecule has 0 aliphatic heterocycles. The third-order valence-electron chi connectivity index (χ3n) is 5.53. The van der Waals surface area contributed by atoms with Crippen molar-refractivity contribution >= 4 is 11.8 Å². The van der Waals surface area contributed by atoms with Crippen molar-refractivity contribution in [2.45, 2.75) is 115 Å². The van der Waals surface area contributed by atoms with E-state index in [1.54, 1.807) is 0 Å². The Morgan fingerprint density at radius 3 is 1.77 bits per heavy atom. The van der Waals surface area contributed by atoms with E-state index in [0.717, 1.165) is 57.8 Å². The lowest BCUT2D eigenvalue weighted by atomic mass is 9.89. The number of carboxylic acid groups (broad SMARTS) is 1. The summed E-state index contributed by atoms with van der Waals surface area (Å²) in [4.78, 5) is 23.6. The van der Waals surface area contributed by atoms with E-state index in [1.165, 1.54) is 19.3 Å². The number of rotatable bonds is 20. The first-order valence-electron chi connectivity index (χ1n) is 12.0. The van der Waals surface area contributed by atoms with Gasteiger partial charge in [-0.05, 0) is 19.3 Å². The van der Waals surface area contributed by atoms with Gasteiger partial charge in [0.25, 0.3) is 0 Å². The Morgan fingerprint density at radius 2 is 1.30 bits per heavy atom. The van der Waals surface area contributed by atoms with Gasteiger partial charge < -0.3 is 19.8 Å². The van der Waals surface area contributed by atoms with E-state index in [-0.39, 0.29) is 24.9 Å². The van der Waals surface area contributed by atoms with E-state index in [4.69, 9.17) is 5.11 Å². The van der Waals surface area contributed by atoms with E-state index in [0.29, 0.717) is 10.9 Å². The normalized spacial score (nSPS) is 15.0. The summed E-state index contributed by atoms with van der Waals surface area (Å²) in [5, 5.41) is 29.7. The summed E-state index contributed by atoms with van der Waals surface area (Å²) in [5.41, 5.74) is -1.79. The Balaban J connectivity index is 3.88. The zero-order valence-electron chi connectivity index (χ0n) is 20.0. The molecule has 2 atom stereocenters. The minimum atomic E-state index is -1.79. The van der Waals surface area contributed by atoms with E-state index in [9.17, 15) is 19.8 Å². The summed E-state index contributed by atoms with van der Waals surface area (Å²) in [6.45, 7) is 2.29. The first-order chi connectivity index (χ1) is 14.0. The van der Waals surface area contributed by atoms with Crippen LogP contribution in [0.5, 0.6) is 0 Å². The van der Waals surface area contributed by atoms with Crippen LogP contribution in [0, 0.1) is 0 Å². The van der Waals surface area contributed by atoms with Crippen LogP contribution in [0.15, 0.2) is 0 Å². The first-order valence-corrected chi connectivity index (χ1v) is 12.0. The van der Waals surface area contributed by atoms with Crippen molar-refractivity contribution in [3.8, 4) is 0 Å². The van der Waals surface area contributed by atoms with Crippen LogP contribution in [0.1, 0.15) is 103 Å². The van der Waals surface area contributed by atoms with E-state index < -0.39 is 18.0 Å². The smallest absolute Gasteiger partial charge is 0.306 e. The molecule has 0 aromatic heterocycles. The lowest BCUT2D eigenvalue weighted by Gasteiger charge is -2.33. The second kappa shape index (κ2) is 15.8. The van der Waals surface area contributed by atoms with Crippen molar-refractivity contribution in [3.05, 3.63) is 0 Å². The molecule has 0 bridgehead atoms. The second-order valence-corrected chi connectivity index (χ2v) is 9.99. The molecule has 2 unspecified atom stereocenters. The minimum Gasteiger partial charge on any atom is -0.481 e. The number of aliphatic hydroxyl groups excluding tert-OH is 1. The SMILES string of the molecule is CCCCCCC(O)CCCCCCCCCC(=O)C(O)(CC(=O)O)C[N+](C)(C)C. The van der Waals surface area contributed by atoms with Crippen molar-refractivity contribution in [3.63, 3.8) is 0 Å². The van der Waals surface area contributed by atoms with Crippen molar-refractivity contribution < 1.29 is 29.4 Å². The maximum absolute atomic E-state index is 12.5. The highest BCUT2D eigenvalue weighted by atomic mass is 16.4. The molecular formula is C24H48NO5+. The number of carbonyl (C=O) groups is 2. The summed E-state index contributed by atoms with van der Waals surface area (Å²) >= 11 is 0. The Bertz CT molecular complexity index is 475. The van der Waals surface area contributed by atoms with Crippen LogP contribution >= 0.6 is 0 Å². The number of carbonyl (C=O) groups excluding carboxylic acids is 1. The van der Waals surface area contributed by atoms with E-state index in [2.05, 4.69) is 6.92 Å². The molecule has 0 radical (unpaired) electrons. The van der Waals surface area contributed by atoms with Gasteiger partial charge in [0.15, 0.2) is 11.4 Å². The fourth-order valence-electron chi connectivity index (χ4n) is 4.01. The molecule has 6 nitrogen and oxygen atoms in total. The van der Waals surface area contributed by atoms with Crippen LogP contribution in [-0.2, 0) is 9.59 Å². The second-order valence-electron chi connectivity index (χ2n) is 9.99. The van der Waals surface area contributed by atoms with Gasteiger partial charge in [-0.1, -0.05) is 71.1 Å². The lowest BCUT2D eigenvalue weighted by molar-refractivity contribution is -0.875. The molecule has 0 aromatic carbocycles. The van der Waals surface area contributed by atoms with Crippen LogP contribution in [-0.4, -0.2) is 70.9 Å². The van der Waals surface area contributed by atoms with Gasteiger partial charge in [-0.2, -0.15) is 0 Å². The number of unbranched alkanes of at least 4 members (excludes halogenated alkanes) is 9. The largest absolute Gasteiger partial charge is 0.481 e. The maximum Gasteiger partial charge on any atom is 0.306 e. The molecule has 0 fully saturated rings. The molecule has 178 valence electrons. The highest BCUT2D eigenvalue weighted by molar-refractivity contribution is 5.90. The van der Waals surface area contributed by atoms with Crippen molar-refractivity contribution in [2.24, 2.45) is 0 Å². The number of aliphatic hydroxyl groups is 2. The number of likely N-dealkylation sites (N-methyl/N-ethyl adjacent to an activating group) is 1. The number of quaternary nitrogens is 1. The van der Waals surface area contributed by atoms with Crippen LogP contribution in [0.4, 0.5) is 0 Å². The fourth-order valence-corrected chi connectivity index (χ4v) is 4.01. The Labute approximate surface area is 184 Å². The predicted octanol–water partition coefficient (Wildman–Crippen LogP) is 4.31. The Kier molecular flexibility index (Phi) is 15.3. The summed E-state index contributed by atoms with van der Waals surface area (Å²) in [6, 6.07) is 0. The zero-order valence-corrected chi connectivity index (χ0v) is 20.0. The third kappa shape index (κ3) is 15.8. The summed E-state index contributed by atoms with van der Waals surface area (Å²) in [6.07, 6.45) is 13.3. The van der Waals surface area contributed by atoms with Crippen molar-refractivity contribution in [1.82, 2.24) is 0 Å². The molecule has 30 heavy (non-hydrogen) atoms. The molecule has 0 aliphatic rings. The van der Waals surface area contributed by atoms with Crippen molar-refractivity contribution in [2.75, 3.05) is 27.7 Å². The number of aliphatic carboxylic acids is 1. The standard InChI is InChI=1S/C24H47NO5/c1-5-6-7-13-16-21(26)17-14-11-9-8-10-12-15-18-22(27)24(30,19-23(28)29)20-25(2,3)4/h21,26,30H,5-20H2,1-4H3/p+1. The molecular weight excluding hydrogens is 382 g/mol. The summed E-state index contributed by atoms with van der Waals surface area (Å²) in [5.74, 6) is -1.50. The summed E-state index contributed by atoms with van der Waals surface area (Å²) in [7, 11) is 5.52. The van der Waals surface area contributed by atoms with Gasteiger partial charge in [-0.25, -0.2) is 0 Å². The third-order valence-corrected chi connectivity index (χ3v) is 5.53. The van der Waals surface area contributed by atoms with Gasteiger partial charge in [0.2, 0.25) is 0 Å². The molecule has 0 saturated heterocycles. The number of hydrogen-bond donors (Lipinski definition) is 3. The Hall–Kier alpha value is -0.980. The molecule has 0 spiro atoms. The number of hydrogen-bond acceptors (Lipinski definition) is 4. The molecule has 0 aromatic rings.